The van der Waals surface area contributed by atoms with Gasteiger partial charge in [0.2, 0.25) is 10.0 Å². The molecular formula is C15H25ClN2O3S. The van der Waals surface area contributed by atoms with E-state index in [1.165, 1.54) is 4.31 Å². The van der Waals surface area contributed by atoms with Crippen molar-refractivity contribution in [2.75, 3.05) is 32.8 Å². The van der Waals surface area contributed by atoms with E-state index >= 15 is 0 Å². The van der Waals surface area contributed by atoms with Gasteiger partial charge in [0.15, 0.2) is 0 Å². The number of nitrogens with zero attached hydrogens (tertiary/aromatic N) is 1. The zero-order chi connectivity index (χ0) is 15.3. The van der Waals surface area contributed by atoms with Gasteiger partial charge in [-0.15, -0.1) is 12.4 Å². The normalized spacial score (nSPS) is 16.3. The highest BCUT2D eigenvalue weighted by Gasteiger charge is 2.25. The average Bonchev–Trinajstić information content (AvgIpc) is 2.48. The summed E-state index contributed by atoms with van der Waals surface area (Å²) in [4.78, 5) is 0.334. The van der Waals surface area contributed by atoms with Crippen molar-refractivity contribution in [1.29, 1.82) is 0 Å². The minimum Gasteiger partial charge on any atom is -0.494 e. The van der Waals surface area contributed by atoms with Crippen molar-refractivity contribution in [2.45, 2.75) is 25.2 Å². The zero-order valence-electron chi connectivity index (χ0n) is 13.1. The molecule has 1 heterocycles. The molecule has 1 aromatic rings. The van der Waals surface area contributed by atoms with Gasteiger partial charge in [0.05, 0.1) is 11.5 Å². The first-order chi connectivity index (χ1) is 10.00. The third-order valence-corrected chi connectivity index (χ3v) is 5.41. The van der Waals surface area contributed by atoms with Gasteiger partial charge >= 0.3 is 0 Å². The Morgan fingerprint density at radius 2 is 1.77 bits per heavy atom. The smallest absolute Gasteiger partial charge is 0.243 e. The molecule has 5 nitrogen and oxygen atoms in total. The summed E-state index contributed by atoms with van der Waals surface area (Å²) in [5.41, 5.74) is 0. The molecule has 22 heavy (non-hydrogen) atoms. The summed E-state index contributed by atoms with van der Waals surface area (Å²) in [6, 6.07) is 6.72. The van der Waals surface area contributed by atoms with Crippen molar-refractivity contribution in [3.63, 3.8) is 0 Å². The van der Waals surface area contributed by atoms with Crippen molar-refractivity contribution < 1.29 is 13.2 Å². The molecule has 0 aromatic heterocycles. The lowest BCUT2D eigenvalue weighted by molar-refractivity contribution is 0.289. The Bertz CT molecular complexity index is 540. The average molecular weight is 349 g/mol. The summed E-state index contributed by atoms with van der Waals surface area (Å²) in [6.07, 6.45) is 0.987. The van der Waals surface area contributed by atoms with Crippen LogP contribution in [-0.4, -0.2) is 45.5 Å². The van der Waals surface area contributed by atoms with Crippen molar-refractivity contribution in [3.05, 3.63) is 24.3 Å². The van der Waals surface area contributed by atoms with Gasteiger partial charge < -0.3 is 10.1 Å². The molecule has 1 fully saturated rings. The highest BCUT2D eigenvalue weighted by molar-refractivity contribution is 7.89. The van der Waals surface area contributed by atoms with Crippen LogP contribution in [0.1, 0.15) is 20.3 Å². The second kappa shape index (κ2) is 8.72. The standard InChI is InChI=1S/C15H24N2O3S.ClH/c1-13(2)7-12-20-14-3-5-15(6-4-14)21(18,19)17-10-8-16-9-11-17;/h3-6,13,16H,7-12H2,1-2H3;1H. The van der Waals surface area contributed by atoms with Gasteiger partial charge in [-0.25, -0.2) is 8.42 Å². The Kier molecular flexibility index (Phi) is 7.62. The molecule has 1 saturated heterocycles. The van der Waals surface area contributed by atoms with Gasteiger partial charge in [-0.3, -0.25) is 0 Å². The maximum absolute atomic E-state index is 12.5. The van der Waals surface area contributed by atoms with Crippen LogP contribution >= 0.6 is 12.4 Å². The lowest BCUT2D eigenvalue weighted by atomic mass is 10.1. The molecule has 1 aliphatic heterocycles. The van der Waals surface area contributed by atoms with Crippen LogP contribution in [-0.2, 0) is 10.0 Å². The largest absolute Gasteiger partial charge is 0.494 e. The SMILES string of the molecule is CC(C)CCOc1ccc(S(=O)(=O)N2CCNCC2)cc1.Cl. The van der Waals surface area contributed by atoms with E-state index in [0.29, 0.717) is 43.6 Å². The van der Waals surface area contributed by atoms with Crippen LogP contribution in [0.15, 0.2) is 29.2 Å². The molecule has 1 aliphatic rings. The lowest BCUT2D eigenvalue weighted by Gasteiger charge is -2.26. The minimum absolute atomic E-state index is 0. The first-order valence-electron chi connectivity index (χ1n) is 7.44. The van der Waals surface area contributed by atoms with Crippen LogP contribution in [0.5, 0.6) is 5.75 Å². The van der Waals surface area contributed by atoms with Gasteiger partial charge in [-0.2, -0.15) is 4.31 Å². The van der Waals surface area contributed by atoms with E-state index in [0.717, 1.165) is 12.2 Å². The Morgan fingerprint density at radius 1 is 1.18 bits per heavy atom. The Labute approximate surface area is 139 Å². The maximum Gasteiger partial charge on any atom is 0.243 e. The third kappa shape index (κ3) is 5.12. The Balaban J connectivity index is 0.00000242. The van der Waals surface area contributed by atoms with Gasteiger partial charge in [0, 0.05) is 26.2 Å². The second-order valence-electron chi connectivity index (χ2n) is 5.66. The molecule has 0 saturated carbocycles. The number of benzene rings is 1. The molecule has 0 aliphatic carbocycles. The van der Waals surface area contributed by atoms with Crippen LogP contribution < -0.4 is 10.1 Å². The van der Waals surface area contributed by atoms with Gasteiger partial charge in [-0.05, 0) is 36.6 Å². The molecule has 0 atom stereocenters. The van der Waals surface area contributed by atoms with Crippen molar-refractivity contribution >= 4 is 22.4 Å². The van der Waals surface area contributed by atoms with Crippen LogP contribution in [0.3, 0.4) is 0 Å². The van der Waals surface area contributed by atoms with E-state index < -0.39 is 10.0 Å². The summed E-state index contributed by atoms with van der Waals surface area (Å²) >= 11 is 0. The highest BCUT2D eigenvalue weighted by atomic mass is 35.5. The minimum atomic E-state index is -3.37. The van der Waals surface area contributed by atoms with E-state index in [1.807, 2.05) is 0 Å². The maximum atomic E-state index is 12.5. The van der Waals surface area contributed by atoms with Crippen molar-refractivity contribution in [2.24, 2.45) is 5.92 Å². The highest BCUT2D eigenvalue weighted by Crippen LogP contribution is 2.20. The number of hydrogen-bond acceptors (Lipinski definition) is 4. The summed E-state index contributed by atoms with van der Waals surface area (Å²) in [7, 11) is -3.37. The summed E-state index contributed by atoms with van der Waals surface area (Å²) in [6.45, 7) is 7.40. The molecule has 1 aromatic carbocycles. The van der Waals surface area contributed by atoms with Gasteiger partial charge in [-0.1, -0.05) is 13.8 Å². The first kappa shape index (κ1) is 19.2. The topological polar surface area (TPSA) is 58.6 Å². The lowest BCUT2D eigenvalue weighted by Crippen LogP contribution is -2.46. The molecule has 0 bridgehead atoms. The van der Waals surface area contributed by atoms with E-state index in [9.17, 15) is 8.42 Å². The van der Waals surface area contributed by atoms with Crippen LogP contribution in [0.25, 0.3) is 0 Å². The van der Waals surface area contributed by atoms with E-state index in [2.05, 4.69) is 19.2 Å². The number of ether oxygens (including phenoxy) is 1. The van der Waals surface area contributed by atoms with E-state index in [4.69, 9.17) is 4.74 Å². The fourth-order valence-electron chi connectivity index (χ4n) is 2.15. The predicted molar refractivity (Wildman–Crippen MR) is 90.3 cm³/mol. The fourth-order valence-corrected chi connectivity index (χ4v) is 3.60. The van der Waals surface area contributed by atoms with E-state index in [1.54, 1.807) is 24.3 Å². The zero-order valence-corrected chi connectivity index (χ0v) is 14.8. The number of halogens is 1. The number of rotatable bonds is 6. The Hall–Kier alpha value is -0.820. The number of nitrogens with one attached hydrogen (secondary N) is 1. The molecule has 126 valence electrons. The molecular weight excluding hydrogens is 324 g/mol. The Morgan fingerprint density at radius 3 is 2.32 bits per heavy atom. The third-order valence-electron chi connectivity index (χ3n) is 3.50. The predicted octanol–water partition coefficient (Wildman–Crippen LogP) is 2.13. The summed E-state index contributed by atoms with van der Waals surface area (Å²) in [5, 5.41) is 3.15. The number of piperazine rings is 1. The van der Waals surface area contributed by atoms with Gasteiger partial charge in [0.25, 0.3) is 0 Å². The molecule has 0 radical (unpaired) electrons. The molecule has 1 N–H and O–H groups in total. The first-order valence-corrected chi connectivity index (χ1v) is 8.88. The molecule has 0 amide bonds. The summed E-state index contributed by atoms with van der Waals surface area (Å²) in [5.74, 6) is 1.31. The van der Waals surface area contributed by atoms with Crippen molar-refractivity contribution in [3.8, 4) is 5.75 Å². The van der Waals surface area contributed by atoms with Crippen molar-refractivity contribution in [1.82, 2.24) is 9.62 Å². The molecule has 7 heteroatoms. The molecule has 2 rings (SSSR count). The monoisotopic (exact) mass is 348 g/mol. The van der Waals surface area contributed by atoms with Crippen LogP contribution in [0.4, 0.5) is 0 Å². The van der Waals surface area contributed by atoms with Crippen LogP contribution in [0, 0.1) is 5.92 Å². The number of sulfonamides is 1. The number of hydrogen-bond donors (Lipinski definition) is 1. The van der Waals surface area contributed by atoms with Crippen LogP contribution in [0.2, 0.25) is 0 Å². The quantitative estimate of drug-likeness (QED) is 0.855. The summed E-state index contributed by atoms with van der Waals surface area (Å²) < 4.78 is 32.1. The fraction of sp³-hybridized carbons (Fsp3) is 0.600. The van der Waals surface area contributed by atoms with E-state index in [-0.39, 0.29) is 12.4 Å². The second-order valence-corrected chi connectivity index (χ2v) is 7.59. The molecule has 0 unspecified atom stereocenters. The van der Waals surface area contributed by atoms with Gasteiger partial charge in [0.1, 0.15) is 5.75 Å². The molecule has 0 spiro atoms.